The molecule has 1 aliphatic heterocycles. The zero-order valence-corrected chi connectivity index (χ0v) is 13.9. The topological polar surface area (TPSA) is 67.3 Å². The summed E-state index contributed by atoms with van der Waals surface area (Å²) in [6, 6.07) is 7.17. The van der Waals surface area contributed by atoms with Crippen molar-refractivity contribution < 1.29 is 9.53 Å². The molecule has 6 heteroatoms. The molecule has 0 spiro atoms. The van der Waals surface area contributed by atoms with Gasteiger partial charge in [0.15, 0.2) is 0 Å². The van der Waals surface area contributed by atoms with Crippen LogP contribution in [0.4, 0.5) is 11.5 Å². The van der Waals surface area contributed by atoms with Gasteiger partial charge in [-0.05, 0) is 37.1 Å². The van der Waals surface area contributed by atoms with Gasteiger partial charge in [0, 0.05) is 18.8 Å². The van der Waals surface area contributed by atoms with Crippen molar-refractivity contribution in [2.24, 2.45) is 0 Å². The minimum Gasteiger partial charge on any atom is -0.497 e. The molecular formula is C18H22N4O2. The van der Waals surface area contributed by atoms with Gasteiger partial charge in [0.2, 0.25) is 0 Å². The smallest absolute Gasteiger partial charge is 0.275 e. The van der Waals surface area contributed by atoms with Crippen LogP contribution in [-0.4, -0.2) is 36.1 Å². The number of methoxy groups -OCH3 is 1. The molecule has 1 aromatic heterocycles. The van der Waals surface area contributed by atoms with Crippen LogP contribution in [0.5, 0.6) is 5.75 Å². The van der Waals surface area contributed by atoms with Gasteiger partial charge in [-0.1, -0.05) is 12.8 Å². The fraction of sp³-hybridized carbons (Fsp3) is 0.389. The highest BCUT2D eigenvalue weighted by Gasteiger charge is 2.13. The van der Waals surface area contributed by atoms with Crippen molar-refractivity contribution in [2.45, 2.75) is 25.7 Å². The van der Waals surface area contributed by atoms with E-state index in [9.17, 15) is 4.79 Å². The highest BCUT2D eigenvalue weighted by Crippen LogP contribution is 2.18. The third-order valence-electron chi connectivity index (χ3n) is 4.15. The Hall–Kier alpha value is -2.63. The fourth-order valence-electron chi connectivity index (χ4n) is 2.77. The van der Waals surface area contributed by atoms with Crippen LogP contribution in [0, 0.1) is 0 Å². The molecule has 2 aromatic rings. The van der Waals surface area contributed by atoms with E-state index >= 15 is 0 Å². The number of benzene rings is 1. The summed E-state index contributed by atoms with van der Waals surface area (Å²) in [6.07, 6.45) is 8.13. The Labute approximate surface area is 141 Å². The number of hydrogen-bond acceptors (Lipinski definition) is 5. The van der Waals surface area contributed by atoms with Crippen LogP contribution in [0.25, 0.3) is 0 Å². The average molecular weight is 326 g/mol. The second-order valence-electron chi connectivity index (χ2n) is 5.84. The predicted octanol–water partition coefficient (Wildman–Crippen LogP) is 3.12. The maximum Gasteiger partial charge on any atom is 0.275 e. The molecule has 1 aromatic carbocycles. The van der Waals surface area contributed by atoms with Crippen molar-refractivity contribution in [3.63, 3.8) is 0 Å². The lowest BCUT2D eigenvalue weighted by atomic mass is 10.2. The Kier molecular flexibility index (Phi) is 5.25. The zero-order chi connectivity index (χ0) is 16.8. The van der Waals surface area contributed by atoms with E-state index in [1.54, 1.807) is 43.8 Å². The molecule has 0 radical (unpaired) electrons. The van der Waals surface area contributed by atoms with E-state index in [1.807, 2.05) is 0 Å². The largest absolute Gasteiger partial charge is 0.497 e. The van der Waals surface area contributed by atoms with Crippen molar-refractivity contribution in [3.05, 3.63) is 42.4 Å². The van der Waals surface area contributed by atoms with Crippen LogP contribution in [0.3, 0.4) is 0 Å². The summed E-state index contributed by atoms with van der Waals surface area (Å²) in [6.45, 7) is 2.01. The first-order valence-corrected chi connectivity index (χ1v) is 8.28. The van der Waals surface area contributed by atoms with Gasteiger partial charge in [-0.25, -0.2) is 9.97 Å². The maximum absolute atomic E-state index is 12.3. The lowest BCUT2D eigenvalue weighted by Crippen LogP contribution is -2.25. The van der Waals surface area contributed by atoms with Gasteiger partial charge in [0.05, 0.1) is 19.5 Å². The molecule has 0 bridgehead atoms. The molecular weight excluding hydrogens is 304 g/mol. The van der Waals surface area contributed by atoms with Crippen molar-refractivity contribution in [2.75, 3.05) is 30.4 Å². The van der Waals surface area contributed by atoms with Gasteiger partial charge < -0.3 is 15.0 Å². The summed E-state index contributed by atoms with van der Waals surface area (Å²) in [5, 5.41) is 2.81. The van der Waals surface area contributed by atoms with Crippen molar-refractivity contribution in [3.8, 4) is 5.75 Å². The van der Waals surface area contributed by atoms with Gasteiger partial charge in [-0.15, -0.1) is 0 Å². The minimum atomic E-state index is -0.268. The first kappa shape index (κ1) is 16.2. The molecule has 6 nitrogen and oxygen atoms in total. The second kappa shape index (κ2) is 7.77. The molecule has 0 aliphatic carbocycles. The Balaban J connectivity index is 1.64. The van der Waals surface area contributed by atoms with Crippen LogP contribution in [0.15, 0.2) is 36.7 Å². The van der Waals surface area contributed by atoms with Gasteiger partial charge in [-0.3, -0.25) is 4.79 Å². The van der Waals surface area contributed by atoms with Crippen LogP contribution >= 0.6 is 0 Å². The van der Waals surface area contributed by atoms with E-state index in [0.717, 1.165) is 24.7 Å². The molecule has 0 unspecified atom stereocenters. The van der Waals surface area contributed by atoms with Gasteiger partial charge in [0.1, 0.15) is 17.3 Å². The maximum atomic E-state index is 12.3. The third-order valence-corrected chi connectivity index (χ3v) is 4.15. The van der Waals surface area contributed by atoms with Crippen molar-refractivity contribution >= 4 is 17.4 Å². The molecule has 1 N–H and O–H groups in total. The summed E-state index contributed by atoms with van der Waals surface area (Å²) >= 11 is 0. The Morgan fingerprint density at radius 1 is 1.04 bits per heavy atom. The zero-order valence-electron chi connectivity index (χ0n) is 13.9. The first-order chi connectivity index (χ1) is 11.8. The molecule has 2 heterocycles. The summed E-state index contributed by atoms with van der Waals surface area (Å²) in [7, 11) is 1.61. The van der Waals surface area contributed by atoms with E-state index < -0.39 is 0 Å². The number of hydrogen-bond donors (Lipinski definition) is 1. The highest BCUT2D eigenvalue weighted by atomic mass is 16.5. The van der Waals surface area contributed by atoms with Gasteiger partial charge in [0.25, 0.3) is 5.91 Å². The van der Waals surface area contributed by atoms with Crippen LogP contribution < -0.4 is 15.0 Å². The minimum absolute atomic E-state index is 0.268. The molecule has 1 fully saturated rings. The van der Waals surface area contributed by atoms with Crippen LogP contribution in [-0.2, 0) is 0 Å². The molecule has 1 aliphatic rings. The lowest BCUT2D eigenvalue weighted by molar-refractivity contribution is 0.102. The average Bonchev–Trinajstić information content (AvgIpc) is 2.92. The van der Waals surface area contributed by atoms with Crippen LogP contribution in [0.1, 0.15) is 36.2 Å². The molecule has 1 saturated heterocycles. The van der Waals surface area contributed by atoms with Gasteiger partial charge in [-0.2, -0.15) is 0 Å². The monoisotopic (exact) mass is 326 g/mol. The molecule has 0 saturated carbocycles. The predicted molar refractivity (Wildman–Crippen MR) is 93.7 cm³/mol. The summed E-state index contributed by atoms with van der Waals surface area (Å²) in [5.41, 5.74) is 1.00. The molecule has 1 amide bonds. The molecule has 126 valence electrons. The quantitative estimate of drug-likeness (QED) is 0.935. The lowest BCUT2D eigenvalue weighted by Gasteiger charge is -2.20. The molecule has 3 rings (SSSR count). The summed E-state index contributed by atoms with van der Waals surface area (Å²) < 4.78 is 5.10. The number of aromatic nitrogens is 2. The fourth-order valence-corrected chi connectivity index (χ4v) is 2.77. The number of anilines is 2. The van der Waals surface area contributed by atoms with E-state index in [-0.39, 0.29) is 5.91 Å². The number of carbonyl (C=O) groups excluding carboxylic acids is 1. The molecule has 0 atom stereocenters. The van der Waals surface area contributed by atoms with Crippen LogP contribution in [0.2, 0.25) is 0 Å². The normalized spacial score (nSPS) is 14.8. The number of ether oxygens (including phenoxy) is 1. The summed E-state index contributed by atoms with van der Waals surface area (Å²) in [5.74, 6) is 1.32. The first-order valence-electron chi connectivity index (χ1n) is 8.28. The highest BCUT2D eigenvalue weighted by molar-refractivity contribution is 6.02. The van der Waals surface area contributed by atoms with E-state index in [0.29, 0.717) is 11.4 Å². The number of nitrogens with one attached hydrogen (secondary N) is 1. The summed E-state index contributed by atoms with van der Waals surface area (Å²) in [4.78, 5) is 23.2. The van der Waals surface area contributed by atoms with E-state index in [4.69, 9.17) is 4.74 Å². The van der Waals surface area contributed by atoms with Crippen molar-refractivity contribution in [1.29, 1.82) is 0 Å². The third kappa shape index (κ3) is 4.01. The number of carbonyl (C=O) groups is 1. The Bertz CT molecular complexity index is 662. The Morgan fingerprint density at radius 2 is 1.75 bits per heavy atom. The van der Waals surface area contributed by atoms with E-state index in [1.165, 1.54) is 25.7 Å². The van der Waals surface area contributed by atoms with Gasteiger partial charge >= 0.3 is 0 Å². The van der Waals surface area contributed by atoms with E-state index in [2.05, 4.69) is 20.2 Å². The second-order valence-corrected chi connectivity index (χ2v) is 5.84. The number of rotatable bonds is 4. The standard InChI is InChI=1S/C18H22N4O2/c1-24-15-8-6-14(7-9-15)21-18(23)16-12-20-17(13-19-16)22-10-4-2-3-5-11-22/h6-9,12-13H,2-5,10-11H2,1H3,(H,21,23). The Morgan fingerprint density at radius 3 is 2.33 bits per heavy atom. The SMILES string of the molecule is COc1ccc(NC(=O)c2cnc(N3CCCCCC3)cn2)cc1. The number of nitrogens with zero attached hydrogens (tertiary/aromatic N) is 3. The molecule has 24 heavy (non-hydrogen) atoms. The number of amides is 1. The van der Waals surface area contributed by atoms with Crippen molar-refractivity contribution in [1.82, 2.24) is 9.97 Å².